The molecule has 0 saturated heterocycles. The maximum Gasteiger partial charge on any atom is 0.336 e. The molecule has 1 aliphatic rings. The molecule has 1 heterocycles. The second-order valence-electron chi connectivity index (χ2n) is 5.20. The standard InChI is InChI=1S/C17H20ClNO3S/c1-3-23-9-8-22-17(21)16-11(2)19-15(20)10-13(16)12-6-4-5-7-14(12)18/h4-7,13H,3,8-10H2,1-2H3,(H,19,20)/t13-/m1/s1. The van der Waals surface area contributed by atoms with Crippen LogP contribution in [0.3, 0.4) is 0 Å². The second kappa shape index (κ2) is 8.41. The van der Waals surface area contributed by atoms with Crippen LogP contribution in [0.2, 0.25) is 5.02 Å². The molecule has 23 heavy (non-hydrogen) atoms. The predicted molar refractivity (Wildman–Crippen MR) is 93.6 cm³/mol. The van der Waals surface area contributed by atoms with Crippen LogP contribution in [0.5, 0.6) is 0 Å². The Bertz CT molecular complexity index is 630. The second-order valence-corrected chi connectivity index (χ2v) is 7.00. The smallest absolute Gasteiger partial charge is 0.336 e. The number of carbonyl (C=O) groups excluding carboxylic acids is 2. The molecule has 4 nitrogen and oxygen atoms in total. The highest BCUT2D eigenvalue weighted by atomic mass is 35.5. The molecule has 0 saturated carbocycles. The normalized spacial score (nSPS) is 17.9. The Morgan fingerprint density at radius 2 is 2.17 bits per heavy atom. The summed E-state index contributed by atoms with van der Waals surface area (Å²) in [4.78, 5) is 24.4. The monoisotopic (exact) mass is 353 g/mol. The third kappa shape index (κ3) is 4.52. The van der Waals surface area contributed by atoms with Crippen molar-refractivity contribution in [2.45, 2.75) is 26.2 Å². The van der Waals surface area contributed by atoms with Crippen molar-refractivity contribution in [1.82, 2.24) is 5.32 Å². The number of hydrogen-bond acceptors (Lipinski definition) is 4. The van der Waals surface area contributed by atoms with Crippen LogP contribution in [0.1, 0.15) is 31.7 Å². The summed E-state index contributed by atoms with van der Waals surface area (Å²) in [6, 6.07) is 7.29. The van der Waals surface area contributed by atoms with Crippen LogP contribution >= 0.6 is 23.4 Å². The minimum atomic E-state index is -0.385. The van der Waals surface area contributed by atoms with E-state index in [9.17, 15) is 9.59 Å². The molecule has 1 N–H and O–H groups in total. The largest absolute Gasteiger partial charge is 0.461 e. The Balaban J connectivity index is 2.25. The van der Waals surface area contributed by atoms with E-state index in [-0.39, 0.29) is 24.2 Å². The molecule has 0 unspecified atom stereocenters. The van der Waals surface area contributed by atoms with Gasteiger partial charge in [0.1, 0.15) is 6.61 Å². The molecule has 1 aromatic rings. The Morgan fingerprint density at radius 3 is 2.87 bits per heavy atom. The maximum atomic E-state index is 12.5. The third-order valence-corrected chi connectivity index (χ3v) is 4.84. The highest BCUT2D eigenvalue weighted by molar-refractivity contribution is 7.99. The van der Waals surface area contributed by atoms with E-state index in [0.29, 0.717) is 22.9 Å². The maximum absolute atomic E-state index is 12.5. The number of nitrogens with one attached hydrogen (secondary N) is 1. The molecular formula is C17H20ClNO3S. The Labute approximate surface area is 145 Å². The first-order valence-corrected chi connectivity index (χ1v) is 9.07. The molecular weight excluding hydrogens is 334 g/mol. The third-order valence-electron chi connectivity index (χ3n) is 3.63. The van der Waals surface area contributed by atoms with Crippen molar-refractivity contribution in [2.75, 3.05) is 18.1 Å². The van der Waals surface area contributed by atoms with Gasteiger partial charge in [-0.2, -0.15) is 11.8 Å². The summed E-state index contributed by atoms with van der Waals surface area (Å²) >= 11 is 7.97. The lowest BCUT2D eigenvalue weighted by atomic mass is 9.84. The van der Waals surface area contributed by atoms with E-state index in [0.717, 1.165) is 17.1 Å². The van der Waals surface area contributed by atoms with Gasteiger partial charge in [0.2, 0.25) is 5.91 Å². The van der Waals surface area contributed by atoms with E-state index in [1.165, 1.54) is 0 Å². The number of ether oxygens (including phenoxy) is 1. The van der Waals surface area contributed by atoms with Crippen LogP contribution in [-0.2, 0) is 14.3 Å². The quantitative estimate of drug-likeness (QED) is 0.628. The lowest BCUT2D eigenvalue weighted by molar-refractivity contribution is -0.139. The highest BCUT2D eigenvalue weighted by Gasteiger charge is 2.33. The fourth-order valence-electron chi connectivity index (χ4n) is 2.61. The van der Waals surface area contributed by atoms with Crippen LogP contribution in [-0.4, -0.2) is 30.0 Å². The number of halogens is 1. The first kappa shape index (κ1) is 17.9. The average Bonchev–Trinajstić information content (AvgIpc) is 2.51. The summed E-state index contributed by atoms with van der Waals surface area (Å²) in [5.74, 6) is 0.869. The van der Waals surface area contributed by atoms with Crippen LogP contribution in [0.15, 0.2) is 35.5 Å². The molecule has 0 fully saturated rings. The van der Waals surface area contributed by atoms with E-state index in [1.807, 2.05) is 18.2 Å². The van der Waals surface area contributed by atoms with Crippen LogP contribution in [0, 0.1) is 0 Å². The van der Waals surface area contributed by atoms with E-state index >= 15 is 0 Å². The molecule has 0 aliphatic carbocycles. The Kier molecular flexibility index (Phi) is 6.54. The molecule has 1 amide bonds. The van der Waals surface area contributed by atoms with Gasteiger partial charge in [-0.15, -0.1) is 0 Å². The SMILES string of the molecule is CCSCCOC(=O)C1=C(C)NC(=O)C[C@@H]1c1ccccc1Cl. The summed E-state index contributed by atoms with van der Waals surface area (Å²) in [6.45, 7) is 4.14. The zero-order valence-corrected chi connectivity index (χ0v) is 14.8. The van der Waals surface area contributed by atoms with E-state index in [4.69, 9.17) is 16.3 Å². The molecule has 0 aromatic heterocycles. The Morgan fingerprint density at radius 1 is 1.43 bits per heavy atom. The zero-order valence-electron chi connectivity index (χ0n) is 13.2. The van der Waals surface area contributed by atoms with Gasteiger partial charge < -0.3 is 10.1 Å². The van der Waals surface area contributed by atoms with Gasteiger partial charge in [-0.3, -0.25) is 4.79 Å². The summed E-state index contributed by atoms with van der Waals surface area (Å²) in [6.07, 6.45) is 0.190. The number of rotatable bonds is 6. The van der Waals surface area contributed by atoms with Crippen molar-refractivity contribution in [1.29, 1.82) is 0 Å². The average molecular weight is 354 g/mol. The van der Waals surface area contributed by atoms with Crippen molar-refractivity contribution in [2.24, 2.45) is 0 Å². The fourth-order valence-corrected chi connectivity index (χ4v) is 3.37. The number of allylic oxidation sites excluding steroid dienone is 1. The molecule has 0 radical (unpaired) electrons. The van der Waals surface area contributed by atoms with Crippen molar-refractivity contribution < 1.29 is 14.3 Å². The molecule has 1 aliphatic heterocycles. The molecule has 2 rings (SSSR count). The zero-order chi connectivity index (χ0) is 16.8. The van der Waals surface area contributed by atoms with Gasteiger partial charge in [0.15, 0.2) is 0 Å². The predicted octanol–water partition coefficient (Wildman–Crippen LogP) is 3.51. The van der Waals surface area contributed by atoms with Crippen LogP contribution in [0.25, 0.3) is 0 Å². The highest BCUT2D eigenvalue weighted by Crippen LogP contribution is 2.36. The number of esters is 1. The van der Waals surface area contributed by atoms with Gasteiger partial charge in [0, 0.05) is 28.8 Å². The van der Waals surface area contributed by atoms with Gasteiger partial charge >= 0.3 is 5.97 Å². The van der Waals surface area contributed by atoms with E-state index in [1.54, 1.807) is 24.8 Å². The van der Waals surface area contributed by atoms with Crippen LogP contribution < -0.4 is 5.32 Å². The number of hydrogen-bond donors (Lipinski definition) is 1. The van der Waals surface area contributed by atoms with Gasteiger partial charge in [0.25, 0.3) is 0 Å². The molecule has 1 atom stereocenters. The molecule has 124 valence electrons. The Hall–Kier alpha value is -1.46. The van der Waals surface area contributed by atoms with E-state index in [2.05, 4.69) is 12.2 Å². The summed E-state index contributed by atoms with van der Waals surface area (Å²) in [7, 11) is 0. The topological polar surface area (TPSA) is 55.4 Å². The van der Waals surface area contributed by atoms with Crippen molar-refractivity contribution in [3.8, 4) is 0 Å². The van der Waals surface area contributed by atoms with Crippen LogP contribution in [0.4, 0.5) is 0 Å². The first-order chi connectivity index (χ1) is 11.0. The van der Waals surface area contributed by atoms with Gasteiger partial charge in [0.05, 0.1) is 5.57 Å². The summed E-state index contributed by atoms with van der Waals surface area (Å²) in [5, 5.41) is 3.27. The van der Waals surface area contributed by atoms with Gasteiger partial charge in [-0.1, -0.05) is 36.7 Å². The van der Waals surface area contributed by atoms with Crippen molar-refractivity contribution >= 4 is 35.2 Å². The first-order valence-electron chi connectivity index (χ1n) is 7.54. The minimum absolute atomic E-state index is 0.120. The summed E-state index contributed by atoms with van der Waals surface area (Å²) in [5.41, 5.74) is 1.80. The summed E-state index contributed by atoms with van der Waals surface area (Å²) < 4.78 is 5.37. The molecule has 6 heteroatoms. The van der Waals surface area contributed by atoms with E-state index < -0.39 is 0 Å². The molecule has 0 bridgehead atoms. The number of benzene rings is 1. The molecule has 1 aromatic carbocycles. The van der Waals surface area contributed by atoms with Gasteiger partial charge in [-0.25, -0.2) is 4.79 Å². The number of amides is 1. The molecule has 0 spiro atoms. The number of thioether (sulfide) groups is 1. The lowest BCUT2D eigenvalue weighted by Crippen LogP contribution is -2.34. The number of carbonyl (C=O) groups is 2. The van der Waals surface area contributed by atoms with Gasteiger partial charge in [-0.05, 0) is 24.3 Å². The minimum Gasteiger partial charge on any atom is -0.461 e. The lowest BCUT2D eigenvalue weighted by Gasteiger charge is -2.27. The van der Waals surface area contributed by atoms with Crippen molar-refractivity contribution in [3.63, 3.8) is 0 Å². The fraction of sp³-hybridized carbons (Fsp3) is 0.412. The van der Waals surface area contributed by atoms with Crippen molar-refractivity contribution in [3.05, 3.63) is 46.1 Å².